The standard InChI is InChI=1S/C24H31FN6.C3H6O/c1-4-5-6-12-26-16-18(2)27-22-15-23(28-21-11-7-10-20(25)14-21)30-24(29-22)19-9-8-13-31(3)17-19;1-2-3-4/h5-7,10-12,14-16,19H,4,8-9,13,17H2,1-3H3,(H2,27,28,29,30);3H,2H2,1H3/b6-5+,18-16+,26-12+;. The predicted octanol–water partition coefficient (Wildman–Crippen LogP) is 6.07. The largest absolute Gasteiger partial charge is 0.342 e. The van der Waals surface area contributed by atoms with Crippen LogP contribution in [0.1, 0.15) is 58.2 Å². The van der Waals surface area contributed by atoms with Crippen molar-refractivity contribution in [1.29, 1.82) is 0 Å². The third-order valence-electron chi connectivity index (χ3n) is 5.13. The number of halogens is 1. The van der Waals surface area contributed by atoms with Crippen LogP contribution in [-0.2, 0) is 4.79 Å². The van der Waals surface area contributed by atoms with E-state index < -0.39 is 0 Å². The number of hydrogen-bond acceptors (Lipinski definition) is 7. The number of allylic oxidation sites excluding steroid dienone is 3. The van der Waals surface area contributed by atoms with E-state index in [0.717, 1.165) is 50.2 Å². The Labute approximate surface area is 208 Å². The minimum Gasteiger partial charge on any atom is -0.342 e. The zero-order valence-corrected chi connectivity index (χ0v) is 21.2. The van der Waals surface area contributed by atoms with Crippen LogP contribution < -0.4 is 10.6 Å². The van der Waals surface area contributed by atoms with Crippen molar-refractivity contribution in [1.82, 2.24) is 14.9 Å². The van der Waals surface area contributed by atoms with Gasteiger partial charge in [-0.1, -0.05) is 26.0 Å². The van der Waals surface area contributed by atoms with E-state index in [9.17, 15) is 9.18 Å². The lowest BCUT2D eigenvalue weighted by atomic mass is 9.97. The van der Waals surface area contributed by atoms with Crippen LogP contribution in [0.2, 0.25) is 0 Å². The van der Waals surface area contributed by atoms with E-state index in [-0.39, 0.29) is 11.7 Å². The van der Waals surface area contributed by atoms with Gasteiger partial charge in [0.15, 0.2) is 0 Å². The molecular weight excluding hydrogens is 443 g/mol. The highest BCUT2D eigenvalue weighted by Crippen LogP contribution is 2.27. The van der Waals surface area contributed by atoms with E-state index in [1.54, 1.807) is 18.5 Å². The van der Waals surface area contributed by atoms with Gasteiger partial charge in [0.05, 0.1) is 0 Å². The summed E-state index contributed by atoms with van der Waals surface area (Å²) in [7, 11) is 2.12. The van der Waals surface area contributed by atoms with E-state index >= 15 is 0 Å². The number of aldehydes is 1. The number of nitrogens with zero attached hydrogens (tertiary/aromatic N) is 4. The molecule has 1 aromatic heterocycles. The summed E-state index contributed by atoms with van der Waals surface area (Å²) >= 11 is 0. The molecule has 0 bridgehead atoms. The van der Waals surface area contributed by atoms with E-state index in [1.165, 1.54) is 12.1 Å². The first-order valence-corrected chi connectivity index (χ1v) is 12.1. The summed E-state index contributed by atoms with van der Waals surface area (Å²) in [5.74, 6) is 2.08. The molecule has 1 fully saturated rings. The molecule has 188 valence electrons. The molecule has 2 aromatic rings. The maximum absolute atomic E-state index is 13.6. The lowest BCUT2D eigenvalue weighted by Gasteiger charge is -2.29. The molecule has 2 heterocycles. The average molecular weight is 481 g/mol. The van der Waals surface area contributed by atoms with Crippen molar-refractivity contribution in [3.63, 3.8) is 0 Å². The van der Waals surface area contributed by atoms with Gasteiger partial charge >= 0.3 is 0 Å². The Kier molecular flexibility index (Phi) is 12.3. The third kappa shape index (κ3) is 10.6. The van der Waals surface area contributed by atoms with Crippen LogP contribution in [0, 0.1) is 5.82 Å². The highest BCUT2D eigenvalue weighted by Gasteiger charge is 2.22. The van der Waals surface area contributed by atoms with Crippen molar-refractivity contribution in [2.75, 3.05) is 30.8 Å². The van der Waals surface area contributed by atoms with Gasteiger partial charge in [-0.25, -0.2) is 14.4 Å². The number of carbonyl (C=O) groups excluding carboxylic acids is 1. The molecule has 3 rings (SSSR count). The number of likely N-dealkylation sites (tertiary alicyclic amines) is 1. The summed E-state index contributed by atoms with van der Waals surface area (Å²) in [6.45, 7) is 7.85. The normalized spacial score (nSPS) is 16.7. The number of aliphatic imine (C=N–C) groups is 1. The molecule has 0 spiro atoms. The Morgan fingerprint density at radius 1 is 1.23 bits per heavy atom. The number of benzene rings is 1. The minimum atomic E-state index is -0.291. The molecule has 8 heteroatoms. The van der Waals surface area contributed by atoms with Crippen LogP contribution in [0.25, 0.3) is 0 Å². The first-order chi connectivity index (χ1) is 16.9. The Balaban J connectivity index is 0.00000100. The smallest absolute Gasteiger partial charge is 0.137 e. The van der Waals surface area contributed by atoms with Crippen molar-refractivity contribution < 1.29 is 9.18 Å². The summed E-state index contributed by atoms with van der Waals surface area (Å²) in [5.41, 5.74) is 1.51. The van der Waals surface area contributed by atoms with Crippen molar-refractivity contribution >= 4 is 29.8 Å². The third-order valence-corrected chi connectivity index (χ3v) is 5.13. The molecule has 0 saturated carbocycles. The quantitative estimate of drug-likeness (QED) is 0.335. The highest BCUT2D eigenvalue weighted by atomic mass is 19.1. The minimum absolute atomic E-state index is 0.259. The fourth-order valence-electron chi connectivity index (χ4n) is 3.50. The van der Waals surface area contributed by atoms with Gasteiger partial charge in [0.2, 0.25) is 0 Å². The molecule has 35 heavy (non-hydrogen) atoms. The number of rotatable bonds is 9. The Morgan fingerprint density at radius 2 is 2.00 bits per heavy atom. The molecular formula is C27H37FN6O. The zero-order valence-electron chi connectivity index (χ0n) is 21.2. The van der Waals surface area contributed by atoms with Crippen molar-refractivity contribution in [2.24, 2.45) is 4.99 Å². The van der Waals surface area contributed by atoms with Crippen LogP contribution in [0.15, 0.2) is 59.4 Å². The molecule has 1 aromatic carbocycles. The molecule has 0 radical (unpaired) electrons. The number of nitrogens with one attached hydrogen (secondary N) is 2. The Morgan fingerprint density at radius 3 is 2.69 bits per heavy atom. The average Bonchev–Trinajstić information content (AvgIpc) is 2.84. The van der Waals surface area contributed by atoms with Crippen LogP contribution in [-0.4, -0.2) is 47.5 Å². The SMILES string of the molecule is CC/C=C/C=N/C=C(\C)Nc1cc(Nc2cccc(F)c2)nc(C2CCCN(C)C2)n1.CCC=O. The molecule has 7 nitrogen and oxygen atoms in total. The van der Waals surface area contributed by atoms with Crippen LogP contribution in [0.5, 0.6) is 0 Å². The molecule has 0 aliphatic carbocycles. The lowest BCUT2D eigenvalue weighted by Crippen LogP contribution is -2.31. The number of hydrogen-bond donors (Lipinski definition) is 2. The number of likely N-dealkylation sites (N-methyl/N-ethyl adjacent to an activating group) is 1. The van der Waals surface area contributed by atoms with E-state index in [2.05, 4.69) is 34.5 Å². The van der Waals surface area contributed by atoms with Crippen LogP contribution in [0.3, 0.4) is 0 Å². The first kappa shape index (κ1) is 27.9. The number of carbonyl (C=O) groups is 1. The van der Waals surface area contributed by atoms with Gasteiger partial charge in [-0.2, -0.15) is 0 Å². The second-order valence-electron chi connectivity index (χ2n) is 8.38. The first-order valence-electron chi connectivity index (χ1n) is 12.1. The molecule has 1 saturated heterocycles. The second kappa shape index (κ2) is 15.5. The van der Waals surface area contributed by atoms with Gasteiger partial charge in [-0.05, 0) is 64.1 Å². The summed E-state index contributed by atoms with van der Waals surface area (Å²) < 4.78 is 13.6. The van der Waals surface area contributed by atoms with Crippen molar-refractivity contribution in [3.8, 4) is 0 Å². The van der Waals surface area contributed by atoms with Gasteiger partial charge in [0.25, 0.3) is 0 Å². The summed E-state index contributed by atoms with van der Waals surface area (Å²) in [5, 5.41) is 6.52. The number of aromatic nitrogens is 2. The summed E-state index contributed by atoms with van der Waals surface area (Å²) in [4.78, 5) is 25.3. The number of anilines is 3. The fraction of sp³-hybridized carbons (Fsp3) is 0.407. The Hall–Kier alpha value is -3.39. The fourth-order valence-corrected chi connectivity index (χ4v) is 3.50. The van der Waals surface area contributed by atoms with Gasteiger partial charge < -0.3 is 20.3 Å². The highest BCUT2D eigenvalue weighted by molar-refractivity contribution is 5.71. The monoisotopic (exact) mass is 480 g/mol. The zero-order chi connectivity index (χ0) is 25.5. The number of piperidine rings is 1. The van der Waals surface area contributed by atoms with E-state index in [0.29, 0.717) is 23.7 Å². The topological polar surface area (TPSA) is 82.5 Å². The molecule has 1 aliphatic rings. The predicted molar refractivity (Wildman–Crippen MR) is 143 cm³/mol. The van der Waals surface area contributed by atoms with Gasteiger partial charge in [0, 0.05) is 48.7 Å². The van der Waals surface area contributed by atoms with E-state index in [1.807, 2.05) is 38.1 Å². The van der Waals surface area contributed by atoms with Crippen LogP contribution in [0.4, 0.5) is 21.7 Å². The van der Waals surface area contributed by atoms with Crippen molar-refractivity contribution in [2.45, 2.75) is 52.4 Å². The van der Waals surface area contributed by atoms with E-state index in [4.69, 9.17) is 9.97 Å². The summed E-state index contributed by atoms with van der Waals surface area (Å²) in [6.07, 6.45) is 12.2. The van der Waals surface area contributed by atoms with Gasteiger partial charge in [0.1, 0.15) is 29.6 Å². The molecule has 0 amide bonds. The van der Waals surface area contributed by atoms with Crippen LogP contribution >= 0.6 is 0 Å². The lowest BCUT2D eigenvalue weighted by molar-refractivity contribution is -0.107. The maximum atomic E-state index is 13.6. The Bertz CT molecular complexity index is 1020. The maximum Gasteiger partial charge on any atom is 0.137 e. The molecule has 1 atom stereocenters. The van der Waals surface area contributed by atoms with Gasteiger partial charge in [-0.3, -0.25) is 4.99 Å². The molecule has 1 aliphatic heterocycles. The molecule has 2 N–H and O–H groups in total. The van der Waals surface area contributed by atoms with Gasteiger partial charge in [-0.15, -0.1) is 0 Å². The molecule has 1 unspecified atom stereocenters. The second-order valence-corrected chi connectivity index (χ2v) is 8.38. The summed E-state index contributed by atoms with van der Waals surface area (Å²) in [6, 6.07) is 8.20. The van der Waals surface area contributed by atoms with Crippen molar-refractivity contribution in [3.05, 3.63) is 66.0 Å².